The number of carbonyl (C=O) groups is 1. The summed E-state index contributed by atoms with van der Waals surface area (Å²) in [6.07, 6.45) is 1.43. The zero-order valence-corrected chi connectivity index (χ0v) is 19.3. The maximum atomic E-state index is 13.8. The minimum Gasteiger partial charge on any atom is -0.486 e. The van der Waals surface area contributed by atoms with E-state index in [0.717, 1.165) is 0 Å². The molecule has 4 aromatic rings. The van der Waals surface area contributed by atoms with E-state index in [1.807, 2.05) is 0 Å². The second kappa shape index (κ2) is 9.73. The molecule has 0 aliphatic rings. The van der Waals surface area contributed by atoms with Gasteiger partial charge in [-0.1, -0.05) is 41.4 Å². The van der Waals surface area contributed by atoms with Gasteiger partial charge in [-0.15, -0.1) is 0 Å². The first-order valence-electron chi connectivity index (χ1n) is 9.28. The molecule has 162 valence electrons. The topological polar surface area (TPSA) is 63.8 Å². The van der Waals surface area contributed by atoms with Crippen molar-refractivity contribution in [1.29, 1.82) is 0 Å². The van der Waals surface area contributed by atoms with E-state index in [2.05, 4.69) is 26.5 Å². The zero-order chi connectivity index (χ0) is 22.7. The molecule has 1 aromatic heterocycles. The van der Waals surface area contributed by atoms with E-state index in [9.17, 15) is 9.18 Å². The van der Waals surface area contributed by atoms with Crippen LogP contribution in [0.1, 0.15) is 21.7 Å². The van der Waals surface area contributed by atoms with Crippen LogP contribution < -0.4 is 10.2 Å². The maximum Gasteiger partial charge on any atom is 0.307 e. The van der Waals surface area contributed by atoms with Crippen LogP contribution >= 0.6 is 39.1 Å². The molecule has 0 atom stereocenters. The van der Waals surface area contributed by atoms with Crippen molar-refractivity contribution in [2.75, 3.05) is 0 Å². The van der Waals surface area contributed by atoms with Crippen molar-refractivity contribution in [3.63, 3.8) is 0 Å². The highest BCUT2D eigenvalue weighted by atomic mass is 79.9. The van der Waals surface area contributed by atoms with E-state index in [1.165, 1.54) is 12.3 Å². The Hall–Kier alpha value is -2.87. The number of hydrogen-bond donors (Lipinski definition) is 1. The molecule has 0 radical (unpaired) electrons. The number of hydrazone groups is 1. The fraction of sp³-hybridized carbons (Fsp3) is 0.0435. The summed E-state index contributed by atoms with van der Waals surface area (Å²) in [6, 6.07) is 16.3. The lowest BCUT2D eigenvalue weighted by Gasteiger charge is -2.11. The van der Waals surface area contributed by atoms with Crippen molar-refractivity contribution in [1.82, 2.24) is 5.43 Å². The van der Waals surface area contributed by atoms with Crippen molar-refractivity contribution in [3.8, 4) is 5.75 Å². The minimum atomic E-state index is -0.511. The quantitative estimate of drug-likeness (QED) is 0.214. The molecule has 4 rings (SSSR count). The van der Waals surface area contributed by atoms with Crippen LogP contribution in [0, 0.1) is 5.82 Å². The second-order valence-electron chi connectivity index (χ2n) is 6.69. The summed E-state index contributed by atoms with van der Waals surface area (Å²) in [5.74, 6) is -0.386. The van der Waals surface area contributed by atoms with Crippen LogP contribution in [0.3, 0.4) is 0 Å². The van der Waals surface area contributed by atoms with Gasteiger partial charge in [-0.2, -0.15) is 5.10 Å². The van der Waals surface area contributed by atoms with Gasteiger partial charge < -0.3 is 9.15 Å². The molecule has 0 aliphatic heterocycles. The molecule has 0 bridgehead atoms. The highest BCUT2D eigenvalue weighted by Gasteiger charge is 2.13. The van der Waals surface area contributed by atoms with Gasteiger partial charge in [-0.05, 0) is 64.0 Å². The molecule has 3 aromatic carbocycles. The standard InChI is InChI=1S/C23H14BrCl2FN2O3/c24-17-7-13(8-18(26)22(17)31-12-14-3-1-2-4-19(14)27)11-28-29-23(30)21-10-15-9-16(25)5-6-20(15)32-21/h1-11H,12H2,(H,29,30)/b28-11+. The SMILES string of the molecule is O=C(N/N=C/c1cc(Cl)c(OCc2ccccc2F)c(Br)c1)c1cc2cc(Cl)ccc2o1. The van der Waals surface area contributed by atoms with Crippen LogP contribution in [0.4, 0.5) is 4.39 Å². The van der Waals surface area contributed by atoms with E-state index >= 15 is 0 Å². The third-order valence-electron chi connectivity index (χ3n) is 4.43. The van der Waals surface area contributed by atoms with Crippen LogP contribution in [0.15, 0.2) is 74.7 Å². The summed E-state index contributed by atoms with van der Waals surface area (Å²) < 4.78 is 25.5. The fourth-order valence-corrected chi connectivity index (χ4v) is 4.07. The van der Waals surface area contributed by atoms with Crippen LogP contribution in [-0.4, -0.2) is 12.1 Å². The summed E-state index contributed by atoms with van der Waals surface area (Å²) in [7, 11) is 0. The number of nitrogens with zero attached hydrogens (tertiary/aromatic N) is 1. The van der Waals surface area contributed by atoms with Crippen molar-refractivity contribution in [2.24, 2.45) is 5.10 Å². The first-order chi connectivity index (χ1) is 15.4. The van der Waals surface area contributed by atoms with Crippen LogP contribution in [-0.2, 0) is 6.61 Å². The monoisotopic (exact) mass is 534 g/mol. The summed E-state index contributed by atoms with van der Waals surface area (Å²) in [5.41, 5.74) is 3.97. The number of halogens is 4. The molecule has 1 amide bonds. The number of ether oxygens (including phenoxy) is 1. The molecule has 0 aliphatic carbocycles. The summed E-state index contributed by atoms with van der Waals surface area (Å²) in [5, 5.41) is 5.51. The number of amides is 1. The molecule has 9 heteroatoms. The third-order valence-corrected chi connectivity index (χ3v) is 5.54. The van der Waals surface area contributed by atoms with Crippen molar-refractivity contribution in [3.05, 3.63) is 97.9 Å². The number of fused-ring (bicyclic) bond motifs is 1. The number of rotatable bonds is 6. The average Bonchev–Trinajstić information content (AvgIpc) is 3.17. The van der Waals surface area contributed by atoms with Gasteiger partial charge in [0.25, 0.3) is 0 Å². The first kappa shape index (κ1) is 22.3. The number of benzene rings is 3. The Bertz CT molecular complexity index is 1320. The maximum absolute atomic E-state index is 13.8. The van der Waals surface area contributed by atoms with E-state index in [1.54, 1.807) is 54.6 Å². The largest absolute Gasteiger partial charge is 0.486 e. The van der Waals surface area contributed by atoms with Crippen LogP contribution in [0.25, 0.3) is 11.0 Å². The van der Waals surface area contributed by atoms with E-state index in [0.29, 0.717) is 42.4 Å². The first-order valence-corrected chi connectivity index (χ1v) is 10.8. The molecule has 5 nitrogen and oxygen atoms in total. The lowest BCUT2D eigenvalue weighted by molar-refractivity contribution is 0.0929. The molecule has 1 N–H and O–H groups in total. The Morgan fingerprint density at radius 3 is 2.75 bits per heavy atom. The third kappa shape index (κ3) is 5.12. The summed E-state index contributed by atoms with van der Waals surface area (Å²) >= 11 is 15.7. The smallest absolute Gasteiger partial charge is 0.307 e. The summed E-state index contributed by atoms with van der Waals surface area (Å²) in [4.78, 5) is 12.3. The zero-order valence-electron chi connectivity index (χ0n) is 16.2. The normalized spacial score (nSPS) is 11.2. The average molecular weight is 536 g/mol. The van der Waals surface area contributed by atoms with E-state index in [-0.39, 0.29) is 18.2 Å². The van der Waals surface area contributed by atoms with Gasteiger partial charge in [-0.3, -0.25) is 4.79 Å². The van der Waals surface area contributed by atoms with Gasteiger partial charge in [-0.25, -0.2) is 9.82 Å². The lowest BCUT2D eigenvalue weighted by Crippen LogP contribution is -2.16. The van der Waals surface area contributed by atoms with E-state index in [4.69, 9.17) is 32.4 Å². The second-order valence-corrected chi connectivity index (χ2v) is 8.38. The molecular weight excluding hydrogens is 522 g/mol. The van der Waals surface area contributed by atoms with E-state index < -0.39 is 5.91 Å². The predicted molar refractivity (Wildman–Crippen MR) is 126 cm³/mol. The molecule has 0 unspecified atom stereocenters. The Kier molecular flexibility index (Phi) is 6.79. The molecular formula is C23H14BrCl2FN2O3. The Labute approximate surface area is 200 Å². The molecule has 0 fully saturated rings. The molecule has 32 heavy (non-hydrogen) atoms. The Morgan fingerprint density at radius 2 is 1.97 bits per heavy atom. The van der Waals surface area contributed by atoms with Crippen molar-refractivity contribution < 1.29 is 18.3 Å². The molecule has 1 heterocycles. The van der Waals surface area contributed by atoms with Crippen molar-refractivity contribution >= 4 is 62.2 Å². The number of carbonyl (C=O) groups excluding carboxylic acids is 1. The van der Waals surface area contributed by atoms with Gasteiger partial charge in [0.2, 0.25) is 0 Å². The van der Waals surface area contributed by atoms with Crippen LogP contribution in [0.5, 0.6) is 5.75 Å². The van der Waals surface area contributed by atoms with Gasteiger partial charge in [0.1, 0.15) is 18.0 Å². The molecule has 0 spiro atoms. The van der Waals surface area contributed by atoms with Gasteiger partial charge in [0, 0.05) is 16.0 Å². The number of hydrogen-bond acceptors (Lipinski definition) is 4. The minimum absolute atomic E-state index is 0.0250. The van der Waals surface area contributed by atoms with Gasteiger partial charge in [0.15, 0.2) is 11.5 Å². The highest BCUT2D eigenvalue weighted by Crippen LogP contribution is 2.35. The predicted octanol–water partition coefficient (Wildman–Crippen LogP) is 6.98. The Morgan fingerprint density at radius 1 is 1.16 bits per heavy atom. The molecule has 0 saturated carbocycles. The van der Waals surface area contributed by atoms with Crippen molar-refractivity contribution in [2.45, 2.75) is 6.61 Å². The number of furan rings is 1. The van der Waals surface area contributed by atoms with Crippen LogP contribution in [0.2, 0.25) is 10.0 Å². The van der Waals surface area contributed by atoms with Gasteiger partial charge in [0.05, 0.1) is 15.7 Å². The highest BCUT2D eigenvalue weighted by molar-refractivity contribution is 9.10. The lowest BCUT2D eigenvalue weighted by atomic mass is 10.2. The molecule has 0 saturated heterocycles. The van der Waals surface area contributed by atoms with Gasteiger partial charge >= 0.3 is 5.91 Å². The Balaban J connectivity index is 1.42. The fourth-order valence-electron chi connectivity index (χ4n) is 2.90. The summed E-state index contributed by atoms with van der Waals surface area (Å²) in [6.45, 7) is 0.0250. The number of nitrogens with one attached hydrogen (secondary N) is 1.